The molecule has 0 aliphatic carbocycles. The Balaban J connectivity index is 1.93. The number of ether oxygens (including phenoxy) is 1. The summed E-state index contributed by atoms with van der Waals surface area (Å²) in [6.07, 6.45) is 0.103. The van der Waals surface area contributed by atoms with Crippen LogP contribution < -0.4 is 11.1 Å². The maximum absolute atomic E-state index is 11.9. The molecule has 9 heteroatoms. The Morgan fingerprint density at radius 2 is 2.15 bits per heavy atom. The van der Waals surface area contributed by atoms with Crippen LogP contribution in [0.15, 0.2) is 28.9 Å². The van der Waals surface area contributed by atoms with E-state index in [1.54, 1.807) is 18.2 Å². The van der Waals surface area contributed by atoms with Gasteiger partial charge in [-0.2, -0.15) is 0 Å². The summed E-state index contributed by atoms with van der Waals surface area (Å²) in [7, 11) is 0. The highest BCUT2D eigenvalue weighted by Gasteiger charge is 2.13. The number of halogens is 2. The molecule has 0 radical (unpaired) electrons. The van der Waals surface area contributed by atoms with Gasteiger partial charge in [0.15, 0.2) is 0 Å². The molecule has 2 heterocycles. The van der Waals surface area contributed by atoms with Crippen LogP contribution in [-0.4, -0.2) is 40.9 Å². The Hall–Kier alpha value is -2.16. The average Bonchev–Trinajstić information content (AvgIpc) is 2.92. The number of primary amides is 1. The van der Waals surface area contributed by atoms with E-state index in [0.717, 1.165) is 27.5 Å². The molecule has 3 aromatic rings. The molecule has 0 unspecified atom stereocenters. The predicted molar refractivity (Wildman–Crippen MR) is 104 cm³/mol. The number of aromatic nitrogens is 2. The Morgan fingerprint density at radius 1 is 1.35 bits per heavy atom. The van der Waals surface area contributed by atoms with Gasteiger partial charge in [-0.3, -0.25) is 9.59 Å². The summed E-state index contributed by atoms with van der Waals surface area (Å²) < 4.78 is 5.73. The van der Waals surface area contributed by atoms with E-state index in [1.165, 1.54) is 0 Å². The molecule has 0 aliphatic rings. The van der Waals surface area contributed by atoms with Crippen LogP contribution >= 0.6 is 27.5 Å². The molecule has 0 saturated carbocycles. The van der Waals surface area contributed by atoms with E-state index in [0.29, 0.717) is 22.8 Å². The Morgan fingerprint density at radius 3 is 2.88 bits per heavy atom. The second-order valence-corrected chi connectivity index (χ2v) is 6.84. The molecule has 1 aromatic carbocycles. The fourth-order valence-electron chi connectivity index (χ4n) is 2.71. The lowest BCUT2D eigenvalue weighted by Crippen LogP contribution is -2.18. The van der Waals surface area contributed by atoms with E-state index in [2.05, 4.69) is 31.2 Å². The number of hydrogen-bond acceptors (Lipinski definition) is 4. The number of amides is 2. The maximum atomic E-state index is 11.9. The monoisotopic (exact) mass is 438 g/mol. The topological polar surface area (TPSA) is 110 Å². The summed E-state index contributed by atoms with van der Waals surface area (Å²) in [6.45, 7) is 0.258. The van der Waals surface area contributed by atoms with E-state index in [4.69, 9.17) is 22.1 Å². The second-order valence-electron chi connectivity index (χ2n) is 5.65. The molecule has 2 aromatic heterocycles. The van der Waals surface area contributed by atoms with E-state index in [9.17, 15) is 9.59 Å². The lowest BCUT2D eigenvalue weighted by molar-refractivity contribution is -0.120. The normalized spacial score (nSPS) is 11.2. The summed E-state index contributed by atoms with van der Waals surface area (Å²) in [5, 5.41) is 3.64. The first kappa shape index (κ1) is 18.6. The van der Waals surface area contributed by atoms with Crippen molar-refractivity contribution in [3.63, 3.8) is 0 Å². The summed E-state index contributed by atoms with van der Waals surface area (Å²) in [6, 6.07) is 7.21. The van der Waals surface area contributed by atoms with Gasteiger partial charge in [0.2, 0.25) is 11.8 Å². The molecule has 26 heavy (non-hydrogen) atoms. The van der Waals surface area contributed by atoms with Crippen molar-refractivity contribution in [1.82, 2.24) is 9.97 Å². The number of nitrogens with zero attached hydrogens (tertiary/aromatic N) is 1. The highest BCUT2D eigenvalue weighted by molar-refractivity contribution is 9.10. The molecule has 0 saturated heterocycles. The highest BCUT2D eigenvalue weighted by Crippen LogP contribution is 2.30. The third kappa shape index (κ3) is 4.14. The molecule has 0 bridgehead atoms. The molecule has 0 spiro atoms. The minimum atomic E-state index is -0.423. The van der Waals surface area contributed by atoms with Crippen LogP contribution in [0.3, 0.4) is 0 Å². The molecule has 3 rings (SSSR count). The van der Waals surface area contributed by atoms with Crippen molar-refractivity contribution in [2.24, 2.45) is 5.73 Å². The lowest BCUT2D eigenvalue weighted by Gasteiger charge is -2.05. The van der Waals surface area contributed by atoms with Crippen LogP contribution in [0.2, 0.25) is 0 Å². The number of aromatic amines is 1. The van der Waals surface area contributed by atoms with Gasteiger partial charge in [0.1, 0.15) is 11.2 Å². The number of nitrogens with one attached hydrogen (secondary N) is 2. The van der Waals surface area contributed by atoms with Gasteiger partial charge in [-0.15, -0.1) is 11.6 Å². The molecule has 4 N–H and O–H groups in total. The Bertz CT molecular complexity index is 989. The van der Waals surface area contributed by atoms with Crippen LogP contribution in [-0.2, 0) is 20.7 Å². The first-order valence-electron chi connectivity index (χ1n) is 7.80. The van der Waals surface area contributed by atoms with Crippen LogP contribution in [0.25, 0.3) is 21.9 Å². The van der Waals surface area contributed by atoms with Crippen LogP contribution in [0.1, 0.15) is 5.56 Å². The van der Waals surface area contributed by atoms with Crippen molar-refractivity contribution in [3.8, 4) is 0 Å². The number of carbonyl (C=O) groups is 2. The number of fused-ring (bicyclic) bond motifs is 3. The minimum Gasteiger partial charge on any atom is -0.370 e. The highest BCUT2D eigenvalue weighted by atomic mass is 79.9. The first-order chi connectivity index (χ1) is 12.5. The van der Waals surface area contributed by atoms with Gasteiger partial charge in [0, 0.05) is 17.0 Å². The number of hydrogen-bond donors (Lipinski definition) is 3. The summed E-state index contributed by atoms with van der Waals surface area (Å²) in [5.74, 6) is -0.348. The SMILES string of the molecule is NC(=O)Cc1cc(Br)nc2c1[nH]c1cc(NC(=O)COCCCl)ccc12. The van der Waals surface area contributed by atoms with E-state index >= 15 is 0 Å². The molecule has 0 fully saturated rings. The van der Waals surface area contributed by atoms with E-state index in [1.807, 2.05) is 6.07 Å². The largest absolute Gasteiger partial charge is 0.370 e. The lowest BCUT2D eigenvalue weighted by atomic mass is 10.1. The van der Waals surface area contributed by atoms with E-state index in [-0.39, 0.29) is 18.9 Å². The zero-order valence-corrected chi connectivity index (χ0v) is 16.0. The van der Waals surface area contributed by atoms with Crippen molar-refractivity contribution in [3.05, 3.63) is 34.4 Å². The van der Waals surface area contributed by atoms with E-state index < -0.39 is 5.91 Å². The predicted octanol–water partition coefficient (Wildman–Crippen LogP) is 2.70. The van der Waals surface area contributed by atoms with Crippen molar-refractivity contribution < 1.29 is 14.3 Å². The number of rotatable bonds is 7. The van der Waals surface area contributed by atoms with Gasteiger partial charge < -0.3 is 20.8 Å². The van der Waals surface area contributed by atoms with Gasteiger partial charge in [-0.05, 0) is 45.8 Å². The molecule has 0 atom stereocenters. The van der Waals surface area contributed by atoms with Gasteiger partial charge in [0.25, 0.3) is 0 Å². The zero-order valence-electron chi connectivity index (χ0n) is 13.6. The average molecular weight is 440 g/mol. The standard InChI is InChI=1S/C17H16BrClN4O3/c18-13-5-9(6-14(20)24)16-17(23-13)11-2-1-10(7-12(11)22-16)21-15(25)8-26-4-3-19/h1-2,5,7,22H,3-4,6,8H2,(H2,20,24)(H,21,25). The smallest absolute Gasteiger partial charge is 0.250 e. The van der Waals surface area contributed by atoms with Gasteiger partial charge in [-0.25, -0.2) is 4.98 Å². The van der Waals surface area contributed by atoms with Crippen molar-refractivity contribution >= 4 is 67.0 Å². The minimum absolute atomic E-state index is 0.0608. The van der Waals surface area contributed by atoms with Crippen LogP contribution in [0.5, 0.6) is 0 Å². The van der Waals surface area contributed by atoms with Gasteiger partial charge >= 0.3 is 0 Å². The molecular formula is C17H16BrClN4O3. The van der Waals surface area contributed by atoms with Gasteiger partial charge in [0.05, 0.1) is 29.6 Å². The molecule has 136 valence electrons. The second kappa shape index (κ2) is 8.03. The van der Waals surface area contributed by atoms with Crippen molar-refractivity contribution in [1.29, 1.82) is 0 Å². The molecule has 0 aliphatic heterocycles. The summed E-state index contributed by atoms with van der Waals surface area (Å²) >= 11 is 8.87. The van der Waals surface area contributed by atoms with Crippen LogP contribution in [0.4, 0.5) is 5.69 Å². The van der Waals surface area contributed by atoms with Crippen molar-refractivity contribution in [2.75, 3.05) is 24.4 Å². The van der Waals surface area contributed by atoms with Crippen LogP contribution in [0, 0.1) is 0 Å². The number of anilines is 1. The summed E-state index contributed by atoms with van der Waals surface area (Å²) in [4.78, 5) is 30.9. The third-order valence-electron chi connectivity index (χ3n) is 3.71. The first-order valence-corrected chi connectivity index (χ1v) is 9.13. The molecule has 2 amide bonds. The Kier molecular flexibility index (Phi) is 5.75. The number of nitrogens with two attached hydrogens (primary N) is 1. The molecule has 7 nitrogen and oxygen atoms in total. The maximum Gasteiger partial charge on any atom is 0.250 e. The third-order valence-corrected chi connectivity index (χ3v) is 4.27. The number of H-pyrrole nitrogens is 1. The number of carbonyl (C=O) groups excluding carboxylic acids is 2. The zero-order chi connectivity index (χ0) is 18.7. The summed E-state index contributed by atoms with van der Waals surface area (Å²) in [5.41, 5.74) is 8.98. The van der Waals surface area contributed by atoms with Crippen molar-refractivity contribution in [2.45, 2.75) is 6.42 Å². The Labute approximate surface area is 162 Å². The molecular weight excluding hydrogens is 424 g/mol. The number of benzene rings is 1. The quantitative estimate of drug-likeness (QED) is 0.299. The number of alkyl halides is 1. The van der Waals surface area contributed by atoms with Gasteiger partial charge in [-0.1, -0.05) is 0 Å². The number of pyridine rings is 1. The fourth-order valence-corrected chi connectivity index (χ4v) is 3.27. The fraction of sp³-hybridized carbons (Fsp3) is 0.235.